The molecular weight excluding hydrogens is 433 g/mol. The zero-order valence-electron chi connectivity index (χ0n) is 14.7. The molecule has 2 aromatic carbocycles. The van der Waals surface area contributed by atoms with Crippen molar-refractivity contribution in [3.05, 3.63) is 63.1 Å². The van der Waals surface area contributed by atoms with E-state index in [4.69, 9.17) is 23.2 Å². The van der Waals surface area contributed by atoms with Gasteiger partial charge in [0.15, 0.2) is 11.6 Å². The number of hydrogen-bond donors (Lipinski definition) is 1. The fraction of sp³-hybridized carbons (Fsp3) is 0.278. The lowest BCUT2D eigenvalue weighted by Crippen LogP contribution is -2.28. The average molecular weight is 449 g/mol. The molecule has 1 N–H and O–H groups in total. The number of sulfonamides is 1. The van der Waals surface area contributed by atoms with Gasteiger partial charge in [0.1, 0.15) is 4.90 Å². The zero-order chi connectivity index (χ0) is 20.6. The standard InChI is InChI=1S/C18H16Cl2F2N2O3S/c1-24(9-10-2-5-15(21)16(22)6-10)18(25)12-7-17(14(20)8-13(12)19)28(26,27)23-11-3-4-11/h2,5-8,11,23H,3-4,9H2,1H3. The SMILES string of the molecule is CN(Cc1ccc(F)c(F)c1)C(=O)c1cc(S(=O)(=O)NC2CC2)c(Cl)cc1Cl. The van der Waals surface area contributed by atoms with Gasteiger partial charge in [0, 0.05) is 19.6 Å². The van der Waals surface area contributed by atoms with Crippen LogP contribution in [0.2, 0.25) is 10.0 Å². The van der Waals surface area contributed by atoms with Gasteiger partial charge in [0.05, 0.1) is 15.6 Å². The van der Waals surface area contributed by atoms with Crippen LogP contribution in [-0.4, -0.2) is 32.3 Å². The lowest BCUT2D eigenvalue weighted by Gasteiger charge is -2.19. The number of nitrogens with one attached hydrogen (secondary N) is 1. The molecule has 1 aliphatic carbocycles. The maximum Gasteiger partial charge on any atom is 0.255 e. The summed E-state index contributed by atoms with van der Waals surface area (Å²) in [4.78, 5) is 13.7. The smallest absolute Gasteiger partial charge is 0.255 e. The Morgan fingerprint density at radius 2 is 1.82 bits per heavy atom. The van der Waals surface area contributed by atoms with Gasteiger partial charge in [-0.05, 0) is 42.7 Å². The molecule has 10 heteroatoms. The number of carbonyl (C=O) groups is 1. The van der Waals surface area contributed by atoms with Gasteiger partial charge >= 0.3 is 0 Å². The van der Waals surface area contributed by atoms with Gasteiger partial charge in [-0.1, -0.05) is 29.3 Å². The van der Waals surface area contributed by atoms with Crippen LogP contribution in [0.25, 0.3) is 0 Å². The second-order valence-corrected chi connectivity index (χ2v) is 9.06. The summed E-state index contributed by atoms with van der Waals surface area (Å²) in [6.45, 7) is -0.0304. The van der Waals surface area contributed by atoms with Crippen LogP contribution >= 0.6 is 23.2 Å². The summed E-state index contributed by atoms with van der Waals surface area (Å²) in [5.41, 5.74) is 0.301. The van der Waals surface area contributed by atoms with Crippen molar-refractivity contribution in [2.45, 2.75) is 30.3 Å². The molecule has 0 saturated heterocycles. The Morgan fingerprint density at radius 3 is 2.43 bits per heavy atom. The van der Waals surface area contributed by atoms with E-state index < -0.39 is 27.6 Å². The quantitative estimate of drug-likeness (QED) is 0.726. The summed E-state index contributed by atoms with van der Waals surface area (Å²) >= 11 is 12.1. The van der Waals surface area contributed by atoms with E-state index in [1.807, 2.05) is 0 Å². The third-order valence-corrected chi connectivity index (χ3v) is 6.49. The molecule has 0 bridgehead atoms. The summed E-state index contributed by atoms with van der Waals surface area (Å²) in [7, 11) is -2.46. The number of rotatable bonds is 6. The highest BCUT2D eigenvalue weighted by Crippen LogP contribution is 2.31. The molecular formula is C18H16Cl2F2N2O3S. The number of nitrogens with zero attached hydrogens (tertiary/aromatic N) is 1. The van der Waals surface area contributed by atoms with Crippen LogP contribution in [0.3, 0.4) is 0 Å². The Morgan fingerprint density at radius 1 is 1.14 bits per heavy atom. The monoisotopic (exact) mass is 448 g/mol. The molecule has 1 aliphatic rings. The van der Waals surface area contributed by atoms with Crippen molar-refractivity contribution in [2.24, 2.45) is 0 Å². The van der Waals surface area contributed by atoms with Gasteiger partial charge in [0.2, 0.25) is 10.0 Å². The summed E-state index contributed by atoms with van der Waals surface area (Å²) in [6.07, 6.45) is 1.49. The molecule has 0 atom stereocenters. The topological polar surface area (TPSA) is 66.5 Å². The Kier molecular flexibility index (Phi) is 5.95. The Bertz CT molecular complexity index is 1040. The summed E-state index contributed by atoms with van der Waals surface area (Å²) in [5.74, 6) is -2.60. The van der Waals surface area contributed by atoms with Crippen LogP contribution in [-0.2, 0) is 16.6 Å². The van der Waals surface area contributed by atoms with Crippen LogP contribution in [0.4, 0.5) is 8.78 Å². The first-order valence-corrected chi connectivity index (χ1v) is 10.5. The first-order valence-electron chi connectivity index (χ1n) is 8.29. The predicted octanol–water partition coefficient (Wildman–Crippen LogP) is 3.98. The molecule has 0 unspecified atom stereocenters. The molecule has 28 heavy (non-hydrogen) atoms. The minimum atomic E-state index is -3.90. The third-order valence-electron chi connectivity index (χ3n) is 4.19. The highest BCUT2D eigenvalue weighted by atomic mass is 35.5. The van der Waals surface area contributed by atoms with Gasteiger partial charge in [-0.3, -0.25) is 4.79 Å². The number of halogens is 4. The fourth-order valence-electron chi connectivity index (χ4n) is 2.57. The predicted molar refractivity (Wildman–Crippen MR) is 102 cm³/mol. The molecule has 0 radical (unpaired) electrons. The number of benzene rings is 2. The molecule has 1 amide bonds. The van der Waals surface area contributed by atoms with Gasteiger partial charge in [-0.2, -0.15) is 0 Å². The second-order valence-electron chi connectivity index (χ2n) is 6.57. The molecule has 0 aliphatic heterocycles. The van der Waals surface area contributed by atoms with Crippen molar-refractivity contribution in [3.8, 4) is 0 Å². The minimum absolute atomic E-state index is 0.0162. The van der Waals surface area contributed by atoms with Gasteiger partial charge < -0.3 is 4.90 Å². The van der Waals surface area contributed by atoms with Gasteiger partial charge in [-0.25, -0.2) is 21.9 Å². The van der Waals surface area contributed by atoms with E-state index in [9.17, 15) is 22.0 Å². The summed E-state index contributed by atoms with van der Waals surface area (Å²) in [5, 5.41) is -0.115. The highest BCUT2D eigenvalue weighted by Gasteiger charge is 2.30. The molecule has 2 aromatic rings. The molecule has 0 spiro atoms. The second kappa shape index (κ2) is 7.94. The maximum absolute atomic E-state index is 13.4. The van der Waals surface area contributed by atoms with Crippen LogP contribution in [0.1, 0.15) is 28.8 Å². The van der Waals surface area contributed by atoms with Crippen LogP contribution in [0.15, 0.2) is 35.2 Å². The van der Waals surface area contributed by atoms with E-state index in [2.05, 4.69) is 4.72 Å². The van der Waals surface area contributed by atoms with Crippen LogP contribution in [0.5, 0.6) is 0 Å². The van der Waals surface area contributed by atoms with E-state index in [-0.39, 0.29) is 33.1 Å². The fourth-order valence-corrected chi connectivity index (χ4v) is 4.73. The van der Waals surface area contributed by atoms with Crippen molar-refractivity contribution >= 4 is 39.1 Å². The van der Waals surface area contributed by atoms with Gasteiger partial charge in [0.25, 0.3) is 5.91 Å². The molecule has 1 fully saturated rings. The van der Waals surface area contributed by atoms with Crippen molar-refractivity contribution in [2.75, 3.05) is 7.05 Å². The van der Waals surface area contributed by atoms with Gasteiger partial charge in [-0.15, -0.1) is 0 Å². The van der Waals surface area contributed by atoms with E-state index in [1.165, 1.54) is 24.1 Å². The Labute approximate surface area is 171 Å². The first-order chi connectivity index (χ1) is 13.1. The number of amides is 1. The summed E-state index contributed by atoms with van der Waals surface area (Å²) in [6, 6.07) is 5.49. The third kappa shape index (κ3) is 4.63. The highest BCUT2D eigenvalue weighted by molar-refractivity contribution is 7.89. The zero-order valence-corrected chi connectivity index (χ0v) is 17.0. The summed E-state index contributed by atoms with van der Waals surface area (Å²) < 4.78 is 53.9. The molecule has 0 aromatic heterocycles. The van der Waals surface area contributed by atoms with Crippen molar-refractivity contribution in [1.82, 2.24) is 9.62 Å². The molecule has 3 rings (SSSR count). The normalized spacial score (nSPS) is 14.2. The van der Waals surface area contributed by atoms with Crippen LogP contribution < -0.4 is 4.72 Å². The van der Waals surface area contributed by atoms with E-state index >= 15 is 0 Å². The molecule has 5 nitrogen and oxygen atoms in total. The van der Waals surface area contributed by atoms with Crippen molar-refractivity contribution in [1.29, 1.82) is 0 Å². The van der Waals surface area contributed by atoms with E-state index in [1.54, 1.807) is 0 Å². The van der Waals surface area contributed by atoms with Crippen molar-refractivity contribution < 1.29 is 22.0 Å². The first kappa shape index (κ1) is 21.0. The number of hydrogen-bond acceptors (Lipinski definition) is 3. The Balaban J connectivity index is 1.87. The lowest BCUT2D eigenvalue weighted by atomic mass is 10.1. The average Bonchev–Trinajstić information content (AvgIpc) is 3.40. The Hall–Kier alpha value is -1.74. The van der Waals surface area contributed by atoms with E-state index in [0.29, 0.717) is 5.56 Å². The lowest BCUT2D eigenvalue weighted by molar-refractivity contribution is 0.0785. The molecule has 150 valence electrons. The largest absolute Gasteiger partial charge is 0.337 e. The van der Waals surface area contributed by atoms with Crippen LogP contribution in [0, 0.1) is 11.6 Å². The number of carbonyl (C=O) groups excluding carboxylic acids is 1. The minimum Gasteiger partial charge on any atom is -0.337 e. The molecule has 1 saturated carbocycles. The molecule has 0 heterocycles. The van der Waals surface area contributed by atoms with E-state index in [0.717, 1.165) is 31.0 Å². The van der Waals surface area contributed by atoms with Crippen molar-refractivity contribution in [3.63, 3.8) is 0 Å². The maximum atomic E-state index is 13.4.